The van der Waals surface area contributed by atoms with Crippen LogP contribution in [0.15, 0.2) is 85.1 Å². The number of carboxylic acid groups (broad SMARTS) is 5. The lowest BCUT2D eigenvalue weighted by Crippen LogP contribution is -2.60. The number of hydrogen-bond donors (Lipinski definition) is 22. The minimum absolute atomic E-state index is 0.0620. The van der Waals surface area contributed by atoms with Crippen molar-refractivity contribution in [2.24, 2.45) is 29.0 Å². The smallest absolute Gasteiger partial charge is 0.303 e. The van der Waals surface area contributed by atoms with Crippen molar-refractivity contribution in [1.82, 2.24) is 68.8 Å². The molecule has 632 valence electrons. The largest absolute Gasteiger partial charge is 0.508 e. The number of phenols is 1. The molecule has 1 aromatic heterocycles. The van der Waals surface area contributed by atoms with Crippen LogP contribution < -0.4 is 81.0 Å². The Morgan fingerprint density at radius 1 is 0.371 bits per heavy atom. The van der Waals surface area contributed by atoms with Crippen molar-refractivity contribution in [3.05, 3.63) is 102 Å². The quantitative estimate of drug-likeness (QED) is 0.0204. The van der Waals surface area contributed by atoms with Gasteiger partial charge in [-0.15, -0.1) is 0 Å². The molecular formula is C75H102N16O25. The summed E-state index contributed by atoms with van der Waals surface area (Å²) in [7, 11) is 0. The summed E-state index contributed by atoms with van der Waals surface area (Å²) in [5.74, 6) is -23.9. The maximum absolute atomic E-state index is 14.6. The Balaban J connectivity index is 1.59. The van der Waals surface area contributed by atoms with Gasteiger partial charge in [-0.25, -0.2) is 0 Å². The van der Waals surface area contributed by atoms with Crippen LogP contribution in [0.5, 0.6) is 5.75 Å². The second kappa shape index (κ2) is 47.4. The second-order valence-electron chi connectivity index (χ2n) is 28.3. The first-order valence-electron chi connectivity index (χ1n) is 37.0. The number of para-hydroxylation sites is 1. The number of aromatic hydroxyl groups is 1. The monoisotopic (exact) mass is 1630 g/mol. The van der Waals surface area contributed by atoms with Gasteiger partial charge < -0.3 is 117 Å². The molecule has 4 aromatic rings. The van der Waals surface area contributed by atoms with E-state index in [0.29, 0.717) is 27.6 Å². The third-order valence-corrected chi connectivity index (χ3v) is 17.7. The third kappa shape index (κ3) is 34.5. The zero-order valence-corrected chi connectivity index (χ0v) is 64.4. The molecular weight excluding hydrogens is 1520 g/mol. The predicted octanol–water partition coefficient (Wildman–Crippen LogP) is -3.53. The predicted molar refractivity (Wildman–Crippen MR) is 408 cm³/mol. The summed E-state index contributed by atoms with van der Waals surface area (Å²) in [6.07, 6.45) is -7.82. The Bertz CT molecular complexity index is 4180. The standard InChI is InChI=1S/C75H102N16O25/c1-37(2)29-45(76)66(107)83-48(20-25-60(97)98)69(110)85-50(22-27-62(101)102)71(112)87-51(23-28-63(103)104)72(113)86-49(21-26-61(99)100)70(111)84-47(19-24-59(95)96)68(109)81-39(5)65(106)89-54(32-41-15-17-43(92)18-16-41)67(108)80-36-58(94)82-55(33-42-35-79-46-14-10-9-13-44(42)46)74(115)90-53(30-38(3)4)73(114)91-56(34-57(77)93)75(116)88-52(64(78)105)31-40-11-7-6-8-12-40/h6-18,35,37-39,45,47-56,79,92H,19-34,36,76H2,1-5H3,(H2,77,93)(H2,78,105)(H,80,108)(H,81,109)(H,82,94)(H,83,107)(H,84,111)(H,85,110)(H,86,113)(H,87,112)(H,88,116)(H,89,106)(H,90,115)(H,91,114)(H,95,96)(H,97,98)(H,99,100)(H,101,102)(H,103,104)/t39-,45-,47-,48-,49-,50-,51-,52-,53-,54-,55-,56-/m0/s1. The molecule has 3 aromatic carbocycles. The molecule has 12 atom stereocenters. The van der Waals surface area contributed by atoms with Gasteiger partial charge in [0.05, 0.1) is 19.0 Å². The zero-order valence-electron chi connectivity index (χ0n) is 64.4. The van der Waals surface area contributed by atoms with E-state index in [1.165, 1.54) is 24.3 Å². The topological polar surface area (TPSA) is 684 Å². The van der Waals surface area contributed by atoms with E-state index in [4.69, 9.17) is 17.2 Å². The van der Waals surface area contributed by atoms with Gasteiger partial charge in [-0.1, -0.05) is 88.4 Å². The fourth-order valence-corrected chi connectivity index (χ4v) is 11.7. The number of aromatic nitrogens is 1. The highest BCUT2D eigenvalue weighted by Gasteiger charge is 2.38. The summed E-state index contributed by atoms with van der Waals surface area (Å²) < 4.78 is 0. The van der Waals surface area contributed by atoms with E-state index < -0.39 is 262 Å². The highest BCUT2D eigenvalue weighted by molar-refractivity contribution is 6.01. The number of phenolic OH excluding ortho intramolecular Hbond substituents is 1. The number of carboxylic acids is 5. The van der Waals surface area contributed by atoms with Crippen LogP contribution in [0.25, 0.3) is 10.9 Å². The maximum atomic E-state index is 14.6. The summed E-state index contributed by atoms with van der Waals surface area (Å²) in [4.78, 5) is 256. The average Bonchev–Trinajstić information content (AvgIpc) is 1.66. The van der Waals surface area contributed by atoms with Crippen molar-refractivity contribution < 1.29 is 122 Å². The molecule has 0 unspecified atom stereocenters. The molecule has 0 aliphatic carbocycles. The highest BCUT2D eigenvalue weighted by atomic mass is 16.4. The number of nitrogens with one attached hydrogen (secondary N) is 13. The van der Waals surface area contributed by atoms with Crippen LogP contribution in [-0.2, 0) is 110 Å². The van der Waals surface area contributed by atoms with Gasteiger partial charge in [0.2, 0.25) is 82.7 Å². The Labute approximate surface area is 664 Å². The summed E-state index contributed by atoms with van der Waals surface area (Å²) in [5.41, 5.74) is 19.1. The number of aliphatic carboxylic acids is 5. The second-order valence-corrected chi connectivity index (χ2v) is 28.3. The summed E-state index contributed by atoms with van der Waals surface area (Å²) in [5, 5.41) is 86.9. The lowest BCUT2D eigenvalue weighted by Gasteiger charge is -2.27. The lowest BCUT2D eigenvalue weighted by molar-refractivity contribution is -0.141. The molecule has 0 spiro atoms. The van der Waals surface area contributed by atoms with Crippen LogP contribution in [0.4, 0.5) is 0 Å². The number of carbonyl (C=O) groups is 19. The van der Waals surface area contributed by atoms with E-state index in [1.807, 2.05) is 0 Å². The molecule has 41 nitrogen and oxygen atoms in total. The molecule has 0 fully saturated rings. The molecule has 1 heterocycles. The Kier molecular flexibility index (Phi) is 38.9. The SMILES string of the molecule is CC(C)C[C@H](NC(=O)[C@H](Cc1c[nH]c2ccccc12)NC(=O)CNC(=O)[C@H](Cc1ccc(O)cc1)NC(=O)[C@H](C)NC(=O)[C@H](CCC(=O)O)NC(=O)[C@H](CCC(=O)O)NC(=O)[C@H](CCC(=O)O)NC(=O)[C@H](CCC(=O)O)NC(=O)[C@H](CCC(=O)O)NC(=O)[C@@H](N)CC(C)C)C(=O)N[C@@H](CC(N)=O)C(=O)N[C@@H](Cc1ccccc1)C(N)=O. The summed E-state index contributed by atoms with van der Waals surface area (Å²) in [6.45, 7) is 7.07. The van der Waals surface area contributed by atoms with Gasteiger partial charge in [-0.3, -0.25) is 91.1 Å². The molecule has 0 saturated heterocycles. The van der Waals surface area contributed by atoms with Crippen LogP contribution in [0.2, 0.25) is 0 Å². The van der Waals surface area contributed by atoms with Crippen LogP contribution in [0, 0.1) is 11.8 Å². The first-order valence-corrected chi connectivity index (χ1v) is 37.0. The Morgan fingerprint density at radius 3 is 1.18 bits per heavy atom. The lowest BCUT2D eigenvalue weighted by atomic mass is 10.00. The fraction of sp³-hybridized carbons (Fsp3) is 0.480. The molecule has 0 bridgehead atoms. The van der Waals surface area contributed by atoms with E-state index in [9.17, 15) is 122 Å². The number of aromatic amines is 1. The number of benzene rings is 3. The van der Waals surface area contributed by atoms with Crippen molar-refractivity contribution in [2.75, 3.05) is 6.54 Å². The third-order valence-electron chi connectivity index (χ3n) is 17.7. The minimum Gasteiger partial charge on any atom is -0.508 e. The van der Waals surface area contributed by atoms with Crippen LogP contribution in [0.1, 0.15) is 135 Å². The number of nitrogens with two attached hydrogens (primary N) is 3. The molecule has 25 N–H and O–H groups in total. The molecule has 4 rings (SSSR count). The maximum Gasteiger partial charge on any atom is 0.303 e. The molecule has 0 aliphatic heterocycles. The van der Waals surface area contributed by atoms with Crippen molar-refractivity contribution >= 4 is 123 Å². The Hall–Kier alpha value is -13.1. The first kappa shape index (κ1) is 95.3. The van der Waals surface area contributed by atoms with E-state index in [0.717, 1.165) is 6.92 Å². The Morgan fingerprint density at radius 2 is 0.733 bits per heavy atom. The number of H-pyrrole nitrogens is 1. The number of primary amides is 2. The fourth-order valence-electron chi connectivity index (χ4n) is 11.7. The van der Waals surface area contributed by atoms with Crippen molar-refractivity contribution in [3.63, 3.8) is 0 Å². The summed E-state index contributed by atoms with van der Waals surface area (Å²) in [6, 6.07) is 0.389. The highest BCUT2D eigenvalue weighted by Crippen LogP contribution is 2.21. The van der Waals surface area contributed by atoms with Gasteiger partial charge in [-0.05, 0) is 98.6 Å². The van der Waals surface area contributed by atoms with E-state index in [1.54, 1.807) is 88.5 Å². The first-order chi connectivity index (χ1) is 54.6. The van der Waals surface area contributed by atoms with Crippen molar-refractivity contribution in [1.29, 1.82) is 0 Å². The van der Waals surface area contributed by atoms with E-state index >= 15 is 0 Å². The number of rotatable bonds is 52. The van der Waals surface area contributed by atoms with Gasteiger partial charge in [0, 0.05) is 68.5 Å². The summed E-state index contributed by atoms with van der Waals surface area (Å²) >= 11 is 0. The van der Waals surface area contributed by atoms with Gasteiger partial charge in [0.1, 0.15) is 72.2 Å². The number of carbonyl (C=O) groups excluding carboxylic acids is 14. The molecule has 14 amide bonds. The van der Waals surface area contributed by atoms with Gasteiger partial charge in [-0.2, -0.15) is 0 Å². The minimum atomic E-state index is -2.04. The normalized spacial score (nSPS) is 14.2. The van der Waals surface area contributed by atoms with Crippen LogP contribution in [0.3, 0.4) is 0 Å². The van der Waals surface area contributed by atoms with E-state index in [-0.39, 0.29) is 49.7 Å². The molecule has 41 heteroatoms. The van der Waals surface area contributed by atoms with Gasteiger partial charge in [0.25, 0.3) is 0 Å². The molecule has 0 radical (unpaired) electrons. The zero-order chi connectivity index (χ0) is 86.6. The van der Waals surface area contributed by atoms with Gasteiger partial charge >= 0.3 is 29.8 Å². The number of amides is 14. The molecule has 0 saturated carbocycles. The van der Waals surface area contributed by atoms with Crippen molar-refractivity contribution in [2.45, 2.75) is 210 Å². The number of fused-ring (bicyclic) bond motifs is 1. The number of hydrogen-bond acceptors (Lipinski definition) is 21. The van der Waals surface area contributed by atoms with Gasteiger partial charge in [0.15, 0.2) is 0 Å². The van der Waals surface area contributed by atoms with Crippen LogP contribution in [-0.4, -0.2) is 227 Å². The van der Waals surface area contributed by atoms with E-state index in [2.05, 4.69) is 68.8 Å². The average molecular weight is 1630 g/mol. The molecule has 0 aliphatic rings. The molecule has 116 heavy (non-hydrogen) atoms. The van der Waals surface area contributed by atoms with Crippen molar-refractivity contribution in [3.8, 4) is 5.75 Å². The van der Waals surface area contributed by atoms with Crippen LogP contribution >= 0.6 is 0 Å².